The first kappa shape index (κ1) is 23.1. The van der Waals surface area contributed by atoms with Crippen LogP contribution in [0, 0.1) is 13.8 Å². The van der Waals surface area contributed by atoms with Gasteiger partial charge in [-0.3, -0.25) is 4.79 Å². The van der Waals surface area contributed by atoms with E-state index < -0.39 is 5.97 Å². The van der Waals surface area contributed by atoms with E-state index in [1.807, 2.05) is 13.8 Å². The number of methoxy groups -OCH3 is 1. The van der Waals surface area contributed by atoms with E-state index in [4.69, 9.17) is 18.6 Å². The summed E-state index contributed by atoms with van der Waals surface area (Å²) in [6, 6.07) is 18.2. The van der Waals surface area contributed by atoms with E-state index in [0.29, 0.717) is 29.1 Å². The van der Waals surface area contributed by atoms with Crippen LogP contribution in [-0.4, -0.2) is 19.7 Å². The second-order valence-electron chi connectivity index (χ2n) is 7.93. The van der Waals surface area contributed by atoms with Crippen molar-refractivity contribution in [2.45, 2.75) is 27.4 Å². The summed E-state index contributed by atoms with van der Waals surface area (Å²) in [6.07, 6.45) is 0. The van der Waals surface area contributed by atoms with Crippen LogP contribution in [0.3, 0.4) is 0 Å². The molecule has 0 saturated heterocycles. The number of hydrogen-bond donors (Lipinski definition) is 0. The van der Waals surface area contributed by atoms with Crippen LogP contribution < -0.4 is 14.9 Å². The zero-order valence-electron chi connectivity index (χ0n) is 19.6. The summed E-state index contributed by atoms with van der Waals surface area (Å²) in [7, 11) is 1.51. The van der Waals surface area contributed by atoms with Gasteiger partial charge in [-0.25, -0.2) is 4.79 Å². The average Bonchev–Trinajstić information content (AvgIpc) is 2.84. The molecule has 3 aromatic carbocycles. The van der Waals surface area contributed by atoms with Crippen molar-refractivity contribution >= 4 is 16.9 Å². The van der Waals surface area contributed by atoms with Gasteiger partial charge in [0, 0.05) is 11.6 Å². The molecule has 4 aromatic rings. The summed E-state index contributed by atoms with van der Waals surface area (Å²) in [5, 5.41) is 0.327. The third-order valence-electron chi connectivity index (χ3n) is 5.60. The minimum absolute atomic E-state index is 0.104. The maximum absolute atomic E-state index is 13.5. The summed E-state index contributed by atoms with van der Waals surface area (Å²) in [5.74, 6) is 0.0872. The molecule has 34 heavy (non-hydrogen) atoms. The summed E-state index contributed by atoms with van der Waals surface area (Å²) in [4.78, 5) is 26.3. The zero-order valence-corrected chi connectivity index (χ0v) is 19.6. The van der Waals surface area contributed by atoms with Gasteiger partial charge in [-0.1, -0.05) is 42.0 Å². The number of ether oxygens (including phenoxy) is 3. The lowest BCUT2D eigenvalue weighted by Crippen LogP contribution is -2.15. The quantitative estimate of drug-likeness (QED) is 0.324. The second kappa shape index (κ2) is 9.83. The summed E-state index contributed by atoms with van der Waals surface area (Å²) < 4.78 is 22.5. The average molecular weight is 459 g/mol. The van der Waals surface area contributed by atoms with Crippen molar-refractivity contribution in [3.05, 3.63) is 93.3 Å². The van der Waals surface area contributed by atoms with E-state index in [1.165, 1.54) is 7.11 Å². The first-order valence-corrected chi connectivity index (χ1v) is 11.0. The zero-order chi connectivity index (χ0) is 24.2. The second-order valence-corrected chi connectivity index (χ2v) is 7.93. The topological polar surface area (TPSA) is 75.0 Å². The molecule has 174 valence electrons. The molecular formula is C28H26O6. The van der Waals surface area contributed by atoms with Crippen LogP contribution in [-0.2, 0) is 11.3 Å². The van der Waals surface area contributed by atoms with Gasteiger partial charge in [0.2, 0.25) is 11.2 Å². The molecule has 4 rings (SSSR count). The molecule has 0 N–H and O–H groups in total. The predicted octanol–water partition coefficient (Wildman–Crippen LogP) is 5.84. The van der Waals surface area contributed by atoms with Gasteiger partial charge in [0.25, 0.3) is 0 Å². The first-order chi connectivity index (χ1) is 16.4. The molecule has 0 fully saturated rings. The molecule has 0 aliphatic carbocycles. The standard InChI is InChI=1S/C28H26O6/c1-5-32-28(30)27-25(21-8-6-7-9-23(21)31-4)26(29)22-13-12-20(15-24(22)34-27)33-16-19-14-17(2)10-11-18(19)3/h6-15H,5,16H2,1-4H3. The van der Waals surface area contributed by atoms with Crippen molar-refractivity contribution in [2.75, 3.05) is 13.7 Å². The Bertz CT molecular complexity index is 1420. The van der Waals surface area contributed by atoms with Crippen molar-refractivity contribution in [3.63, 3.8) is 0 Å². The summed E-state index contributed by atoms with van der Waals surface area (Å²) in [5.41, 5.74) is 3.80. The van der Waals surface area contributed by atoms with Crippen LogP contribution in [0.25, 0.3) is 22.1 Å². The monoisotopic (exact) mass is 458 g/mol. The van der Waals surface area contributed by atoms with Gasteiger partial charge in [-0.2, -0.15) is 0 Å². The van der Waals surface area contributed by atoms with Gasteiger partial charge in [0.1, 0.15) is 23.7 Å². The van der Waals surface area contributed by atoms with Gasteiger partial charge in [-0.15, -0.1) is 0 Å². The molecule has 0 saturated carbocycles. The van der Waals surface area contributed by atoms with Crippen LogP contribution in [0.5, 0.6) is 11.5 Å². The maximum Gasteiger partial charge on any atom is 0.375 e. The lowest BCUT2D eigenvalue weighted by atomic mass is 10.0. The van der Waals surface area contributed by atoms with Gasteiger partial charge in [0.05, 0.1) is 24.7 Å². The lowest BCUT2D eigenvalue weighted by Gasteiger charge is -2.13. The number of carbonyl (C=O) groups is 1. The lowest BCUT2D eigenvalue weighted by molar-refractivity contribution is 0.0492. The Kier molecular flexibility index (Phi) is 6.68. The number of aryl methyl sites for hydroxylation is 2. The Hall–Kier alpha value is -4.06. The fourth-order valence-electron chi connectivity index (χ4n) is 3.82. The van der Waals surface area contributed by atoms with Gasteiger partial charge >= 0.3 is 5.97 Å². The number of para-hydroxylation sites is 1. The van der Waals surface area contributed by atoms with Crippen molar-refractivity contribution in [2.24, 2.45) is 0 Å². The number of esters is 1. The molecule has 0 amide bonds. The smallest absolute Gasteiger partial charge is 0.375 e. The highest BCUT2D eigenvalue weighted by atomic mass is 16.5. The molecule has 0 aliphatic rings. The van der Waals surface area contributed by atoms with Crippen molar-refractivity contribution in [1.82, 2.24) is 0 Å². The number of hydrogen-bond acceptors (Lipinski definition) is 6. The van der Waals surface area contributed by atoms with Gasteiger partial charge in [0.15, 0.2) is 0 Å². The van der Waals surface area contributed by atoms with Crippen molar-refractivity contribution < 1.29 is 23.4 Å². The van der Waals surface area contributed by atoms with E-state index in [2.05, 4.69) is 18.2 Å². The van der Waals surface area contributed by atoms with Crippen molar-refractivity contribution in [3.8, 4) is 22.6 Å². The van der Waals surface area contributed by atoms with Gasteiger partial charge < -0.3 is 18.6 Å². The highest BCUT2D eigenvalue weighted by Crippen LogP contribution is 2.33. The predicted molar refractivity (Wildman–Crippen MR) is 131 cm³/mol. The third-order valence-corrected chi connectivity index (χ3v) is 5.60. The maximum atomic E-state index is 13.5. The largest absolute Gasteiger partial charge is 0.496 e. The molecule has 0 atom stereocenters. The molecule has 1 aromatic heterocycles. The van der Waals surface area contributed by atoms with Gasteiger partial charge in [-0.05, 0) is 50.1 Å². The minimum atomic E-state index is -0.718. The van der Waals surface area contributed by atoms with E-state index in [1.54, 1.807) is 49.4 Å². The summed E-state index contributed by atoms with van der Waals surface area (Å²) in [6.45, 7) is 6.27. The molecular weight excluding hydrogens is 432 g/mol. The number of rotatable bonds is 7. The molecule has 6 heteroatoms. The van der Waals surface area contributed by atoms with E-state index in [0.717, 1.165) is 16.7 Å². The van der Waals surface area contributed by atoms with Crippen LogP contribution in [0.15, 0.2) is 69.9 Å². The van der Waals surface area contributed by atoms with Crippen LogP contribution in [0.4, 0.5) is 0 Å². The Labute approximate surface area is 197 Å². The molecule has 0 spiro atoms. The normalized spacial score (nSPS) is 10.8. The highest BCUT2D eigenvalue weighted by Gasteiger charge is 2.25. The fourth-order valence-corrected chi connectivity index (χ4v) is 3.82. The molecule has 0 aliphatic heterocycles. The number of carbonyl (C=O) groups excluding carboxylic acids is 1. The molecule has 0 unspecified atom stereocenters. The summed E-state index contributed by atoms with van der Waals surface area (Å²) >= 11 is 0. The molecule has 0 radical (unpaired) electrons. The fraction of sp³-hybridized carbons (Fsp3) is 0.214. The number of benzene rings is 3. The Morgan fingerprint density at radius 2 is 1.79 bits per heavy atom. The van der Waals surface area contributed by atoms with E-state index >= 15 is 0 Å². The Morgan fingerprint density at radius 3 is 2.56 bits per heavy atom. The SMILES string of the molecule is CCOC(=O)c1oc2cc(OCc3cc(C)ccc3C)ccc2c(=O)c1-c1ccccc1OC. The minimum Gasteiger partial charge on any atom is -0.496 e. The van der Waals surface area contributed by atoms with Crippen LogP contribution in [0.1, 0.15) is 34.2 Å². The van der Waals surface area contributed by atoms with E-state index in [9.17, 15) is 9.59 Å². The Balaban J connectivity index is 1.81. The van der Waals surface area contributed by atoms with Crippen LogP contribution >= 0.6 is 0 Å². The Morgan fingerprint density at radius 1 is 1.00 bits per heavy atom. The number of fused-ring (bicyclic) bond motifs is 1. The first-order valence-electron chi connectivity index (χ1n) is 11.0. The molecule has 1 heterocycles. The van der Waals surface area contributed by atoms with Crippen molar-refractivity contribution in [1.29, 1.82) is 0 Å². The molecule has 6 nitrogen and oxygen atoms in total. The highest BCUT2D eigenvalue weighted by molar-refractivity contribution is 5.98. The van der Waals surface area contributed by atoms with Crippen LogP contribution in [0.2, 0.25) is 0 Å². The van der Waals surface area contributed by atoms with E-state index in [-0.39, 0.29) is 28.9 Å². The molecule has 0 bridgehead atoms. The third kappa shape index (κ3) is 4.53.